The molecule has 80 valence electrons. The Balaban J connectivity index is 2.69. The van der Waals surface area contributed by atoms with E-state index in [1.807, 2.05) is 5.32 Å². The van der Waals surface area contributed by atoms with E-state index in [2.05, 4.69) is 0 Å². The Morgan fingerprint density at radius 1 is 1.27 bits per heavy atom. The normalized spacial score (nSPS) is 10.2. The number of carbonyl (C=O) groups excluding carboxylic acids is 1. The Morgan fingerprint density at radius 3 is 2.20 bits per heavy atom. The van der Waals surface area contributed by atoms with E-state index in [1.54, 1.807) is 0 Å². The molecule has 0 aromatic heterocycles. The first kappa shape index (κ1) is 11.6. The van der Waals surface area contributed by atoms with Crippen molar-refractivity contribution in [2.75, 3.05) is 5.32 Å². The molecular weight excluding hydrogens is 207 g/mol. The van der Waals surface area contributed by atoms with Gasteiger partial charge in [0, 0.05) is 5.69 Å². The molecule has 1 aromatic carbocycles. The summed E-state index contributed by atoms with van der Waals surface area (Å²) in [5.41, 5.74) is 0.384. The fraction of sp³-hybridized carbons (Fsp3) is 0.125. The SMILES string of the molecule is O=C(Nc1ccc(B(O)O)cc1)C(F)F. The summed E-state index contributed by atoms with van der Waals surface area (Å²) in [5.74, 6) is -1.40. The lowest BCUT2D eigenvalue weighted by atomic mass is 9.80. The van der Waals surface area contributed by atoms with Gasteiger partial charge >= 0.3 is 13.5 Å². The van der Waals surface area contributed by atoms with Crippen LogP contribution < -0.4 is 10.8 Å². The van der Waals surface area contributed by atoms with Crippen LogP contribution in [0.15, 0.2) is 24.3 Å². The minimum atomic E-state index is -3.08. The highest BCUT2D eigenvalue weighted by Crippen LogP contribution is 2.06. The summed E-state index contributed by atoms with van der Waals surface area (Å²) in [6.45, 7) is 0. The van der Waals surface area contributed by atoms with Crippen molar-refractivity contribution in [1.29, 1.82) is 0 Å². The maximum Gasteiger partial charge on any atom is 0.488 e. The van der Waals surface area contributed by atoms with E-state index >= 15 is 0 Å². The van der Waals surface area contributed by atoms with Crippen molar-refractivity contribution in [1.82, 2.24) is 0 Å². The third kappa shape index (κ3) is 3.30. The maximum absolute atomic E-state index is 11.8. The summed E-state index contributed by atoms with van der Waals surface area (Å²) in [6, 6.07) is 5.22. The van der Waals surface area contributed by atoms with Crippen LogP contribution in [0.25, 0.3) is 0 Å². The predicted octanol–water partition coefficient (Wildman–Crippen LogP) is -0.430. The van der Waals surface area contributed by atoms with Crippen LogP contribution in [0.1, 0.15) is 0 Å². The number of benzene rings is 1. The largest absolute Gasteiger partial charge is 0.488 e. The van der Waals surface area contributed by atoms with Crippen molar-refractivity contribution in [3.05, 3.63) is 24.3 Å². The van der Waals surface area contributed by atoms with Gasteiger partial charge in [0.05, 0.1) is 0 Å². The highest BCUT2D eigenvalue weighted by Gasteiger charge is 2.15. The monoisotopic (exact) mass is 215 g/mol. The van der Waals surface area contributed by atoms with Crippen LogP contribution >= 0.6 is 0 Å². The summed E-state index contributed by atoms with van der Waals surface area (Å²) >= 11 is 0. The first-order valence-corrected chi connectivity index (χ1v) is 4.06. The average molecular weight is 215 g/mol. The molecule has 0 unspecified atom stereocenters. The minimum Gasteiger partial charge on any atom is -0.423 e. The van der Waals surface area contributed by atoms with E-state index < -0.39 is 19.5 Å². The van der Waals surface area contributed by atoms with E-state index in [0.29, 0.717) is 0 Å². The Hall–Kier alpha value is -1.47. The molecule has 0 aliphatic rings. The molecule has 15 heavy (non-hydrogen) atoms. The lowest BCUT2D eigenvalue weighted by Crippen LogP contribution is -2.29. The third-order valence-corrected chi connectivity index (χ3v) is 1.67. The van der Waals surface area contributed by atoms with Gasteiger partial charge in [-0.1, -0.05) is 12.1 Å². The van der Waals surface area contributed by atoms with Crippen LogP contribution in [0, 0.1) is 0 Å². The van der Waals surface area contributed by atoms with Gasteiger partial charge in [0.15, 0.2) is 0 Å². The number of rotatable bonds is 3. The van der Waals surface area contributed by atoms with Gasteiger partial charge in [-0.25, -0.2) is 0 Å². The molecular formula is C8H8BF2NO3. The molecule has 0 aliphatic heterocycles. The van der Waals surface area contributed by atoms with Crippen LogP contribution in [0.3, 0.4) is 0 Å². The number of carbonyl (C=O) groups is 1. The molecule has 0 bridgehead atoms. The summed E-state index contributed by atoms with van der Waals surface area (Å²) in [4.78, 5) is 10.6. The van der Waals surface area contributed by atoms with Crippen LogP contribution in [-0.4, -0.2) is 29.5 Å². The molecule has 0 heterocycles. The number of amides is 1. The molecule has 1 amide bonds. The van der Waals surface area contributed by atoms with Gasteiger partial charge in [-0.3, -0.25) is 4.79 Å². The van der Waals surface area contributed by atoms with Gasteiger partial charge in [-0.15, -0.1) is 0 Å². The Bertz CT molecular complexity index is 342. The number of hydrogen-bond acceptors (Lipinski definition) is 3. The number of hydrogen-bond donors (Lipinski definition) is 3. The second-order valence-electron chi connectivity index (χ2n) is 2.79. The zero-order valence-corrected chi connectivity index (χ0v) is 7.52. The zero-order valence-electron chi connectivity index (χ0n) is 7.52. The first-order chi connectivity index (χ1) is 7.00. The highest BCUT2D eigenvalue weighted by atomic mass is 19.3. The van der Waals surface area contributed by atoms with Gasteiger partial charge in [0.1, 0.15) is 0 Å². The molecule has 0 atom stereocenters. The first-order valence-electron chi connectivity index (χ1n) is 4.06. The standard InChI is InChI=1S/C8H8BF2NO3/c10-7(11)8(13)12-6-3-1-5(2-4-6)9(14)15/h1-4,7,14-15H,(H,12,13). The van der Waals surface area contributed by atoms with Crippen molar-refractivity contribution in [2.24, 2.45) is 0 Å². The summed E-state index contributed by atoms with van der Waals surface area (Å²) in [7, 11) is -1.62. The minimum absolute atomic E-state index is 0.171. The van der Waals surface area contributed by atoms with Gasteiger partial charge in [0.25, 0.3) is 5.91 Å². The van der Waals surface area contributed by atoms with E-state index in [-0.39, 0.29) is 11.2 Å². The smallest absolute Gasteiger partial charge is 0.423 e. The molecule has 4 nitrogen and oxygen atoms in total. The summed E-state index contributed by atoms with van der Waals surface area (Å²) in [6.07, 6.45) is -3.08. The fourth-order valence-electron chi connectivity index (χ4n) is 0.935. The summed E-state index contributed by atoms with van der Waals surface area (Å²) in [5, 5.41) is 19.4. The third-order valence-electron chi connectivity index (χ3n) is 1.67. The molecule has 3 N–H and O–H groups in total. The van der Waals surface area contributed by atoms with Crippen molar-refractivity contribution in [3.8, 4) is 0 Å². The lowest BCUT2D eigenvalue weighted by molar-refractivity contribution is -0.126. The lowest BCUT2D eigenvalue weighted by Gasteiger charge is -2.05. The van der Waals surface area contributed by atoms with Crippen LogP contribution in [0.4, 0.5) is 14.5 Å². The van der Waals surface area contributed by atoms with Crippen LogP contribution in [-0.2, 0) is 4.79 Å². The molecule has 0 fully saturated rings. The van der Waals surface area contributed by atoms with Crippen molar-refractivity contribution in [3.63, 3.8) is 0 Å². The number of nitrogens with one attached hydrogen (secondary N) is 1. The molecule has 0 radical (unpaired) electrons. The molecule has 0 spiro atoms. The van der Waals surface area contributed by atoms with Gasteiger partial charge in [0.2, 0.25) is 0 Å². The fourth-order valence-corrected chi connectivity index (χ4v) is 0.935. The molecule has 0 saturated carbocycles. The van der Waals surface area contributed by atoms with Gasteiger partial charge < -0.3 is 15.4 Å². The average Bonchev–Trinajstić information content (AvgIpc) is 2.18. The number of halogens is 2. The van der Waals surface area contributed by atoms with Crippen molar-refractivity contribution < 1.29 is 23.6 Å². The highest BCUT2D eigenvalue weighted by molar-refractivity contribution is 6.58. The molecule has 1 aromatic rings. The van der Waals surface area contributed by atoms with Crippen LogP contribution in [0.2, 0.25) is 0 Å². The number of anilines is 1. The van der Waals surface area contributed by atoms with Crippen molar-refractivity contribution in [2.45, 2.75) is 6.43 Å². The van der Waals surface area contributed by atoms with E-state index in [1.165, 1.54) is 24.3 Å². The topological polar surface area (TPSA) is 69.6 Å². The molecule has 7 heteroatoms. The van der Waals surface area contributed by atoms with Gasteiger partial charge in [-0.2, -0.15) is 8.78 Å². The quantitative estimate of drug-likeness (QED) is 0.599. The Labute approximate surface area is 84.7 Å². The van der Waals surface area contributed by atoms with Gasteiger partial charge in [-0.05, 0) is 17.6 Å². The Kier molecular flexibility index (Phi) is 3.76. The van der Waals surface area contributed by atoms with E-state index in [0.717, 1.165) is 0 Å². The van der Waals surface area contributed by atoms with Crippen LogP contribution in [0.5, 0.6) is 0 Å². The second-order valence-corrected chi connectivity index (χ2v) is 2.79. The predicted molar refractivity (Wildman–Crippen MR) is 50.9 cm³/mol. The number of alkyl halides is 2. The van der Waals surface area contributed by atoms with E-state index in [4.69, 9.17) is 10.0 Å². The molecule has 0 saturated heterocycles. The zero-order chi connectivity index (χ0) is 11.4. The molecule has 1 rings (SSSR count). The Morgan fingerprint density at radius 2 is 1.80 bits per heavy atom. The molecule has 0 aliphatic carbocycles. The van der Waals surface area contributed by atoms with Crippen molar-refractivity contribution >= 4 is 24.2 Å². The van der Waals surface area contributed by atoms with E-state index in [9.17, 15) is 13.6 Å². The second kappa shape index (κ2) is 4.85. The maximum atomic E-state index is 11.8. The summed E-state index contributed by atoms with van der Waals surface area (Å²) < 4.78 is 23.7.